The van der Waals surface area contributed by atoms with Crippen LogP contribution in [0.15, 0.2) is 0 Å². The fraction of sp³-hybridized carbons (Fsp3) is 1.00. The molecular weight excluding hydrogens is 340 g/mol. The van der Waals surface area contributed by atoms with Crippen molar-refractivity contribution in [1.29, 1.82) is 0 Å². The summed E-state index contributed by atoms with van der Waals surface area (Å²) in [7, 11) is 1.10. The first-order valence-electron chi connectivity index (χ1n) is 11.5. The second kappa shape index (κ2) is 19.8. The van der Waals surface area contributed by atoms with Crippen LogP contribution in [0.25, 0.3) is 0 Å². The monoisotopic (exact) mass is 388 g/mol. The van der Waals surface area contributed by atoms with E-state index in [1.807, 2.05) is 0 Å². The third kappa shape index (κ3) is 15.2. The molecule has 0 fully saturated rings. The van der Waals surface area contributed by atoms with Crippen molar-refractivity contribution in [2.75, 3.05) is 20.8 Å². The van der Waals surface area contributed by atoms with E-state index in [2.05, 4.69) is 13.8 Å². The predicted octanol–water partition coefficient (Wildman–Crippen LogP) is 7.52. The van der Waals surface area contributed by atoms with Gasteiger partial charge >= 0.3 is 8.80 Å². The largest absolute Gasteiger partial charge is 0.500 e. The van der Waals surface area contributed by atoms with Crippen molar-refractivity contribution in [1.82, 2.24) is 0 Å². The summed E-state index contributed by atoms with van der Waals surface area (Å²) in [5, 5.41) is 0. The van der Waals surface area contributed by atoms with Crippen molar-refractivity contribution in [3.05, 3.63) is 0 Å². The first kappa shape index (κ1) is 26.1. The third-order valence-electron chi connectivity index (χ3n) is 5.28. The van der Waals surface area contributed by atoms with Crippen LogP contribution in [-0.4, -0.2) is 29.6 Å². The molecule has 0 saturated heterocycles. The summed E-state index contributed by atoms with van der Waals surface area (Å²) in [6, 6.07) is 0.957. The zero-order chi connectivity index (χ0) is 19.3. The molecule has 0 aromatic heterocycles. The van der Waals surface area contributed by atoms with Crippen LogP contribution in [0.3, 0.4) is 0 Å². The second-order valence-electron chi connectivity index (χ2n) is 7.64. The van der Waals surface area contributed by atoms with Crippen molar-refractivity contribution in [3.63, 3.8) is 0 Å². The Bertz CT molecular complexity index is 270. The molecule has 0 aromatic carbocycles. The zero-order valence-corrected chi connectivity index (χ0v) is 19.5. The highest BCUT2D eigenvalue weighted by atomic mass is 28.4. The van der Waals surface area contributed by atoms with Crippen LogP contribution in [-0.2, 0) is 13.3 Å². The quantitative estimate of drug-likeness (QED) is 0.150. The molecule has 0 aliphatic rings. The SMILES string of the molecule is CCCCCCCCCCCCCCO[Si](CCCCCC)(OC)OC. The minimum Gasteiger partial charge on any atom is -0.377 e. The maximum absolute atomic E-state index is 6.09. The Hall–Kier alpha value is 0.0969. The van der Waals surface area contributed by atoms with E-state index in [4.69, 9.17) is 13.3 Å². The molecule has 0 radical (unpaired) electrons. The van der Waals surface area contributed by atoms with Crippen LogP contribution in [0.2, 0.25) is 6.04 Å². The Morgan fingerprint density at radius 3 is 1.31 bits per heavy atom. The van der Waals surface area contributed by atoms with E-state index in [-0.39, 0.29) is 0 Å². The zero-order valence-electron chi connectivity index (χ0n) is 18.5. The van der Waals surface area contributed by atoms with Gasteiger partial charge in [0.1, 0.15) is 0 Å². The fourth-order valence-electron chi connectivity index (χ4n) is 3.42. The lowest BCUT2D eigenvalue weighted by Gasteiger charge is -2.26. The summed E-state index contributed by atoms with van der Waals surface area (Å²) in [6.45, 7) is 5.31. The molecule has 0 spiro atoms. The molecule has 0 rings (SSSR count). The van der Waals surface area contributed by atoms with Crippen LogP contribution in [0.5, 0.6) is 0 Å². The number of hydrogen-bond donors (Lipinski definition) is 0. The van der Waals surface area contributed by atoms with Crippen LogP contribution in [0.1, 0.15) is 117 Å². The lowest BCUT2D eigenvalue weighted by Crippen LogP contribution is -2.44. The molecule has 0 N–H and O–H groups in total. The van der Waals surface area contributed by atoms with E-state index >= 15 is 0 Å². The van der Waals surface area contributed by atoms with E-state index < -0.39 is 8.80 Å². The standard InChI is InChI=1S/C22H48O3Si/c1-5-7-9-11-12-13-14-15-16-17-18-19-21-25-26(23-3,24-4)22-20-10-8-6-2/h5-22H2,1-4H3. The van der Waals surface area contributed by atoms with Gasteiger partial charge in [-0.15, -0.1) is 0 Å². The molecular formula is C22H48O3Si. The van der Waals surface area contributed by atoms with Crippen molar-refractivity contribution in [2.24, 2.45) is 0 Å². The fourth-order valence-corrected chi connectivity index (χ4v) is 5.51. The molecule has 0 heterocycles. The lowest BCUT2D eigenvalue weighted by atomic mass is 10.1. The Morgan fingerprint density at radius 2 is 0.885 bits per heavy atom. The van der Waals surface area contributed by atoms with Gasteiger partial charge in [0.2, 0.25) is 0 Å². The topological polar surface area (TPSA) is 27.7 Å². The molecule has 0 unspecified atom stereocenters. The number of hydrogen-bond acceptors (Lipinski definition) is 3. The molecule has 0 aliphatic carbocycles. The van der Waals surface area contributed by atoms with Crippen LogP contribution in [0, 0.1) is 0 Å². The van der Waals surface area contributed by atoms with Crippen molar-refractivity contribution >= 4 is 8.80 Å². The molecule has 158 valence electrons. The van der Waals surface area contributed by atoms with Gasteiger partial charge in [-0.2, -0.15) is 0 Å². The Labute approximate surface area is 165 Å². The van der Waals surface area contributed by atoms with Gasteiger partial charge in [-0.25, -0.2) is 0 Å². The van der Waals surface area contributed by atoms with E-state index in [1.54, 1.807) is 14.2 Å². The first-order valence-corrected chi connectivity index (χ1v) is 13.4. The highest BCUT2D eigenvalue weighted by molar-refractivity contribution is 6.60. The lowest BCUT2D eigenvalue weighted by molar-refractivity contribution is 0.0955. The van der Waals surface area contributed by atoms with E-state index in [1.165, 1.54) is 89.9 Å². The predicted molar refractivity (Wildman–Crippen MR) is 116 cm³/mol. The Morgan fingerprint density at radius 1 is 0.500 bits per heavy atom. The Balaban J connectivity index is 3.52. The molecule has 3 nitrogen and oxygen atoms in total. The number of unbranched alkanes of at least 4 members (excludes halogenated alkanes) is 14. The summed E-state index contributed by atoms with van der Waals surface area (Å²) < 4.78 is 17.4. The number of rotatable bonds is 21. The third-order valence-corrected chi connectivity index (χ3v) is 8.13. The van der Waals surface area contributed by atoms with Gasteiger partial charge in [-0.05, 0) is 12.8 Å². The highest BCUT2D eigenvalue weighted by Crippen LogP contribution is 2.19. The van der Waals surface area contributed by atoms with Gasteiger partial charge in [-0.3, -0.25) is 0 Å². The second-order valence-corrected chi connectivity index (χ2v) is 10.6. The normalized spacial score (nSPS) is 12.0. The minimum absolute atomic E-state index is 0.791. The van der Waals surface area contributed by atoms with Crippen LogP contribution >= 0.6 is 0 Å². The van der Waals surface area contributed by atoms with Gasteiger partial charge in [-0.1, -0.05) is 104 Å². The minimum atomic E-state index is -2.39. The van der Waals surface area contributed by atoms with E-state index in [9.17, 15) is 0 Å². The maximum Gasteiger partial charge on any atom is 0.500 e. The van der Waals surface area contributed by atoms with Crippen LogP contribution in [0.4, 0.5) is 0 Å². The molecule has 0 aliphatic heterocycles. The average Bonchev–Trinajstić information content (AvgIpc) is 2.67. The summed E-state index contributed by atoms with van der Waals surface area (Å²) in [5.41, 5.74) is 0. The van der Waals surface area contributed by atoms with Gasteiger partial charge in [0.05, 0.1) is 0 Å². The summed E-state index contributed by atoms with van der Waals surface area (Å²) in [4.78, 5) is 0. The molecule has 0 atom stereocenters. The van der Waals surface area contributed by atoms with Gasteiger partial charge in [0, 0.05) is 26.9 Å². The highest BCUT2D eigenvalue weighted by Gasteiger charge is 2.37. The summed E-state index contributed by atoms with van der Waals surface area (Å²) in [5.74, 6) is 0. The average molecular weight is 389 g/mol. The van der Waals surface area contributed by atoms with Crippen LogP contribution < -0.4 is 0 Å². The molecule has 0 saturated carbocycles. The summed E-state index contributed by atoms with van der Waals surface area (Å²) >= 11 is 0. The smallest absolute Gasteiger partial charge is 0.377 e. The molecule has 0 bridgehead atoms. The molecule has 4 heteroatoms. The Kier molecular flexibility index (Phi) is 19.9. The van der Waals surface area contributed by atoms with Gasteiger partial charge in [0.15, 0.2) is 0 Å². The molecule has 0 amide bonds. The van der Waals surface area contributed by atoms with E-state index in [0.29, 0.717) is 0 Å². The van der Waals surface area contributed by atoms with E-state index in [0.717, 1.165) is 25.5 Å². The van der Waals surface area contributed by atoms with Crippen molar-refractivity contribution in [2.45, 2.75) is 123 Å². The molecule has 26 heavy (non-hydrogen) atoms. The van der Waals surface area contributed by atoms with Crippen molar-refractivity contribution < 1.29 is 13.3 Å². The first-order chi connectivity index (χ1) is 12.7. The maximum atomic E-state index is 6.09. The summed E-state index contributed by atoms with van der Waals surface area (Å²) in [6.07, 6.45) is 21.4. The molecule has 0 aromatic rings. The van der Waals surface area contributed by atoms with Gasteiger partial charge < -0.3 is 13.3 Å². The van der Waals surface area contributed by atoms with Crippen molar-refractivity contribution in [3.8, 4) is 0 Å². The van der Waals surface area contributed by atoms with Gasteiger partial charge in [0.25, 0.3) is 0 Å².